The number of alkyl carbamates (subject to hydrolysis) is 1. The maximum atomic E-state index is 13.1. The van der Waals surface area contributed by atoms with Crippen LogP contribution < -0.4 is 5.32 Å². The molecule has 2 amide bonds. The average molecular weight is 489 g/mol. The van der Waals surface area contributed by atoms with Gasteiger partial charge < -0.3 is 15.0 Å². The summed E-state index contributed by atoms with van der Waals surface area (Å²) < 4.78 is 19.2. The van der Waals surface area contributed by atoms with Crippen LogP contribution in [0.3, 0.4) is 0 Å². The molecule has 6 heteroatoms. The second-order valence-electron chi connectivity index (χ2n) is 9.42. The third-order valence-electron chi connectivity index (χ3n) is 6.82. The second kappa shape index (κ2) is 11.8. The van der Waals surface area contributed by atoms with Crippen molar-refractivity contribution >= 4 is 12.0 Å². The fourth-order valence-corrected chi connectivity index (χ4v) is 4.76. The summed E-state index contributed by atoms with van der Waals surface area (Å²) in [6.07, 6.45) is 2.28. The Kier molecular flexibility index (Phi) is 8.36. The van der Waals surface area contributed by atoms with E-state index in [2.05, 4.69) is 24.4 Å². The van der Waals surface area contributed by atoms with Crippen molar-refractivity contribution in [1.29, 1.82) is 0 Å². The third-order valence-corrected chi connectivity index (χ3v) is 6.82. The number of aryl methyl sites for hydroxylation is 2. The molecule has 0 bridgehead atoms. The number of ether oxygens (including phenoxy) is 1. The lowest BCUT2D eigenvalue weighted by Gasteiger charge is -2.41. The highest BCUT2D eigenvalue weighted by Crippen LogP contribution is 2.37. The number of piperidine rings is 1. The van der Waals surface area contributed by atoms with Gasteiger partial charge in [0.1, 0.15) is 11.4 Å². The van der Waals surface area contributed by atoms with Gasteiger partial charge in [0.2, 0.25) is 5.91 Å². The molecule has 0 radical (unpaired) electrons. The lowest BCUT2D eigenvalue weighted by Crippen LogP contribution is -2.48. The number of hydrogen-bond donors (Lipinski definition) is 1. The van der Waals surface area contributed by atoms with E-state index in [1.54, 1.807) is 12.1 Å². The van der Waals surface area contributed by atoms with Gasteiger partial charge in [-0.1, -0.05) is 72.3 Å². The molecule has 0 atom stereocenters. The number of carbonyl (C=O) groups is 2. The predicted octanol–water partition coefficient (Wildman–Crippen LogP) is 5.55. The first-order valence-corrected chi connectivity index (χ1v) is 12.5. The Morgan fingerprint density at radius 1 is 0.917 bits per heavy atom. The minimum absolute atomic E-state index is 0.0589. The number of hydrogen-bond acceptors (Lipinski definition) is 3. The largest absolute Gasteiger partial charge is 0.438 e. The Morgan fingerprint density at radius 3 is 2.33 bits per heavy atom. The van der Waals surface area contributed by atoms with Crippen LogP contribution >= 0.6 is 0 Å². The quantitative estimate of drug-likeness (QED) is 0.452. The molecule has 0 aromatic heterocycles. The van der Waals surface area contributed by atoms with E-state index in [1.165, 1.54) is 23.3 Å². The topological polar surface area (TPSA) is 58.6 Å². The van der Waals surface area contributed by atoms with Gasteiger partial charge in [0.05, 0.1) is 0 Å². The van der Waals surface area contributed by atoms with Crippen LogP contribution in [0.5, 0.6) is 0 Å². The van der Waals surface area contributed by atoms with E-state index in [4.69, 9.17) is 4.74 Å². The van der Waals surface area contributed by atoms with Crippen molar-refractivity contribution in [2.45, 2.75) is 44.6 Å². The molecule has 3 aromatic carbocycles. The van der Waals surface area contributed by atoms with Crippen LogP contribution in [0.2, 0.25) is 0 Å². The van der Waals surface area contributed by atoms with E-state index in [9.17, 15) is 14.0 Å². The summed E-state index contributed by atoms with van der Waals surface area (Å²) in [5.41, 5.74) is 3.46. The zero-order valence-electron chi connectivity index (χ0n) is 20.7. The molecule has 0 aliphatic carbocycles. The van der Waals surface area contributed by atoms with Crippen LogP contribution in [0.1, 0.15) is 41.5 Å². The number of nitrogens with one attached hydrogen (secondary N) is 1. The lowest BCUT2D eigenvalue weighted by atomic mass is 9.84. The summed E-state index contributed by atoms with van der Waals surface area (Å²) >= 11 is 0. The smallest absolute Gasteiger partial charge is 0.408 e. The third kappa shape index (κ3) is 6.72. The monoisotopic (exact) mass is 488 g/mol. The fraction of sp³-hybridized carbons (Fsp3) is 0.333. The van der Waals surface area contributed by atoms with Crippen molar-refractivity contribution in [2.24, 2.45) is 0 Å². The summed E-state index contributed by atoms with van der Waals surface area (Å²) in [5, 5.41) is 2.90. The van der Waals surface area contributed by atoms with Gasteiger partial charge in [0, 0.05) is 38.9 Å². The minimum atomic E-state index is -0.775. The first-order chi connectivity index (χ1) is 17.4. The van der Waals surface area contributed by atoms with Crippen molar-refractivity contribution in [2.75, 3.05) is 19.6 Å². The van der Waals surface area contributed by atoms with Crippen molar-refractivity contribution in [3.05, 3.63) is 107 Å². The molecule has 3 aromatic rings. The van der Waals surface area contributed by atoms with E-state index in [-0.39, 0.29) is 11.7 Å². The van der Waals surface area contributed by atoms with E-state index in [1.807, 2.05) is 47.4 Å². The predicted molar refractivity (Wildman–Crippen MR) is 138 cm³/mol. The normalized spacial score (nSPS) is 14.8. The highest BCUT2D eigenvalue weighted by Gasteiger charge is 2.40. The Balaban J connectivity index is 1.34. The standard InChI is InChI=1S/C30H33FN2O3/c1-23-6-5-7-25(22-23)16-19-32-29(35)36-30(26-8-3-2-4-9-26)17-20-33(21-18-30)28(34)15-12-24-10-13-27(31)14-11-24/h2-11,13-14,22H,12,15-21H2,1H3,(H,32,35). The molecule has 0 saturated carbocycles. The second-order valence-corrected chi connectivity index (χ2v) is 9.42. The number of nitrogens with zero attached hydrogens (tertiary/aromatic N) is 1. The fourth-order valence-electron chi connectivity index (χ4n) is 4.76. The van der Waals surface area contributed by atoms with E-state index < -0.39 is 11.7 Å². The SMILES string of the molecule is Cc1cccc(CCNC(=O)OC2(c3ccccc3)CCN(C(=O)CCc3ccc(F)cc3)CC2)c1. The maximum absolute atomic E-state index is 13.1. The molecule has 1 N–H and O–H groups in total. The number of rotatable bonds is 8. The minimum Gasteiger partial charge on any atom is -0.438 e. The van der Waals surface area contributed by atoms with Crippen molar-refractivity contribution < 1.29 is 18.7 Å². The molecule has 188 valence electrons. The number of benzene rings is 3. The molecule has 1 aliphatic heterocycles. The van der Waals surface area contributed by atoms with Gasteiger partial charge in [-0.15, -0.1) is 0 Å². The molecule has 1 aliphatic rings. The van der Waals surface area contributed by atoms with Gasteiger partial charge in [0.15, 0.2) is 0 Å². The number of carbonyl (C=O) groups excluding carboxylic acids is 2. The van der Waals surface area contributed by atoms with Gasteiger partial charge in [-0.05, 0) is 48.6 Å². The zero-order valence-corrected chi connectivity index (χ0v) is 20.7. The van der Waals surface area contributed by atoms with Gasteiger partial charge in [-0.2, -0.15) is 0 Å². The molecule has 36 heavy (non-hydrogen) atoms. The van der Waals surface area contributed by atoms with E-state index in [0.717, 1.165) is 17.5 Å². The van der Waals surface area contributed by atoms with Gasteiger partial charge >= 0.3 is 6.09 Å². The number of amides is 2. The summed E-state index contributed by atoms with van der Waals surface area (Å²) in [6.45, 7) is 3.55. The van der Waals surface area contributed by atoms with Crippen molar-refractivity contribution in [1.82, 2.24) is 10.2 Å². The number of likely N-dealkylation sites (tertiary alicyclic amines) is 1. The molecular weight excluding hydrogens is 455 g/mol. The Labute approximate surface area is 212 Å². The van der Waals surface area contributed by atoms with Crippen LogP contribution in [0, 0.1) is 12.7 Å². The van der Waals surface area contributed by atoms with Crippen LogP contribution in [-0.4, -0.2) is 36.5 Å². The van der Waals surface area contributed by atoms with E-state index in [0.29, 0.717) is 45.3 Å². The first kappa shape index (κ1) is 25.4. The molecule has 4 rings (SSSR count). The Hall–Kier alpha value is -3.67. The maximum Gasteiger partial charge on any atom is 0.408 e. The summed E-state index contributed by atoms with van der Waals surface area (Å²) in [7, 11) is 0. The molecule has 1 fully saturated rings. The molecule has 1 heterocycles. The van der Waals surface area contributed by atoms with Gasteiger partial charge in [-0.3, -0.25) is 4.79 Å². The molecule has 5 nitrogen and oxygen atoms in total. The Bertz CT molecular complexity index is 1160. The average Bonchev–Trinajstić information content (AvgIpc) is 2.89. The Morgan fingerprint density at radius 2 is 1.64 bits per heavy atom. The van der Waals surface area contributed by atoms with Gasteiger partial charge in [0.25, 0.3) is 0 Å². The molecule has 0 unspecified atom stereocenters. The lowest BCUT2D eigenvalue weighted by molar-refractivity contribution is -0.135. The summed E-state index contributed by atoms with van der Waals surface area (Å²) in [4.78, 5) is 27.5. The van der Waals surface area contributed by atoms with Crippen LogP contribution in [0.15, 0.2) is 78.9 Å². The van der Waals surface area contributed by atoms with Crippen LogP contribution in [-0.2, 0) is 28.0 Å². The highest BCUT2D eigenvalue weighted by molar-refractivity contribution is 5.76. The van der Waals surface area contributed by atoms with Crippen molar-refractivity contribution in [3.8, 4) is 0 Å². The van der Waals surface area contributed by atoms with Crippen LogP contribution in [0.25, 0.3) is 0 Å². The molecule has 1 saturated heterocycles. The van der Waals surface area contributed by atoms with Crippen LogP contribution in [0.4, 0.5) is 9.18 Å². The number of halogens is 1. The zero-order chi connectivity index (χ0) is 25.4. The molecule has 0 spiro atoms. The first-order valence-electron chi connectivity index (χ1n) is 12.5. The highest BCUT2D eigenvalue weighted by atomic mass is 19.1. The molecular formula is C30H33FN2O3. The van der Waals surface area contributed by atoms with Gasteiger partial charge in [-0.25, -0.2) is 9.18 Å². The van der Waals surface area contributed by atoms with E-state index >= 15 is 0 Å². The summed E-state index contributed by atoms with van der Waals surface area (Å²) in [5.74, 6) is -0.221. The van der Waals surface area contributed by atoms with Crippen molar-refractivity contribution in [3.63, 3.8) is 0 Å². The summed E-state index contributed by atoms with van der Waals surface area (Å²) in [6, 6.07) is 24.3.